The van der Waals surface area contributed by atoms with Crippen molar-refractivity contribution in [3.8, 4) is 11.5 Å². The van der Waals surface area contributed by atoms with Crippen molar-refractivity contribution < 1.29 is 24.0 Å². The second kappa shape index (κ2) is 7.39. The number of hydrogen-bond donors (Lipinski definition) is 1. The van der Waals surface area contributed by atoms with Gasteiger partial charge in [-0.1, -0.05) is 0 Å². The Balaban J connectivity index is 2.07. The molecule has 0 aliphatic carbocycles. The van der Waals surface area contributed by atoms with Crippen LogP contribution in [0.5, 0.6) is 11.5 Å². The van der Waals surface area contributed by atoms with Crippen LogP contribution in [-0.4, -0.2) is 42.9 Å². The first-order valence-electron chi connectivity index (χ1n) is 8.18. The summed E-state index contributed by atoms with van der Waals surface area (Å²) in [4.78, 5) is 36.5. The third kappa shape index (κ3) is 3.25. The molecule has 1 aliphatic heterocycles. The SMILES string of the molecule is COc1ccc(NC2=C(c3ccc([N+](=O)[O-])cc3)C(=O)N(C)C2=O)c(OC)c1. The maximum absolute atomic E-state index is 12.6. The Bertz CT molecular complexity index is 997. The van der Waals surface area contributed by atoms with E-state index < -0.39 is 16.7 Å². The van der Waals surface area contributed by atoms with Crippen molar-refractivity contribution in [3.05, 3.63) is 63.8 Å². The number of nitrogens with one attached hydrogen (secondary N) is 1. The van der Waals surface area contributed by atoms with Crippen molar-refractivity contribution in [2.24, 2.45) is 0 Å². The topological polar surface area (TPSA) is 111 Å². The van der Waals surface area contributed by atoms with E-state index in [-0.39, 0.29) is 17.0 Å². The van der Waals surface area contributed by atoms with Gasteiger partial charge < -0.3 is 14.8 Å². The number of hydrogen-bond acceptors (Lipinski definition) is 7. The molecule has 0 unspecified atom stereocenters. The Morgan fingerprint density at radius 2 is 1.68 bits per heavy atom. The minimum absolute atomic E-state index is 0.0600. The van der Waals surface area contributed by atoms with Gasteiger partial charge in [-0.2, -0.15) is 0 Å². The van der Waals surface area contributed by atoms with Gasteiger partial charge in [0, 0.05) is 25.2 Å². The average Bonchev–Trinajstić information content (AvgIpc) is 2.92. The second-order valence-electron chi connectivity index (χ2n) is 5.91. The number of amides is 2. The fourth-order valence-electron chi connectivity index (χ4n) is 2.81. The number of nitro groups is 1. The lowest BCUT2D eigenvalue weighted by atomic mass is 10.0. The standard InChI is InChI=1S/C19H17N3O6/c1-21-18(23)16(11-4-6-12(7-5-11)22(25)26)17(19(21)24)20-14-9-8-13(27-2)10-15(14)28-3/h4-10,20H,1-3H3. The van der Waals surface area contributed by atoms with Crippen LogP contribution >= 0.6 is 0 Å². The van der Waals surface area contributed by atoms with Gasteiger partial charge in [0.2, 0.25) is 0 Å². The monoisotopic (exact) mass is 383 g/mol. The Labute approximate surface area is 160 Å². The van der Waals surface area contributed by atoms with E-state index in [2.05, 4.69) is 5.32 Å². The molecule has 2 aromatic rings. The summed E-state index contributed by atoms with van der Waals surface area (Å²) in [5.74, 6) is -0.0346. The van der Waals surface area contributed by atoms with Gasteiger partial charge in [-0.3, -0.25) is 24.6 Å². The number of non-ortho nitro benzene ring substituents is 1. The first-order chi connectivity index (χ1) is 13.4. The molecule has 0 bridgehead atoms. The second-order valence-corrected chi connectivity index (χ2v) is 5.91. The molecule has 0 spiro atoms. The highest BCUT2D eigenvalue weighted by atomic mass is 16.6. The number of carbonyl (C=O) groups excluding carboxylic acids is 2. The lowest BCUT2D eigenvalue weighted by molar-refractivity contribution is -0.384. The van der Waals surface area contributed by atoms with E-state index in [9.17, 15) is 19.7 Å². The van der Waals surface area contributed by atoms with Crippen LogP contribution in [0, 0.1) is 10.1 Å². The molecule has 0 saturated carbocycles. The number of imide groups is 1. The zero-order valence-electron chi connectivity index (χ0n) is 15.4. The zero-order valence-corrected chi connectivity index (χ0v) is 15.4. The van der Waals surface area contributed by atoms with Crippen LogP contribution in [0.1, 0.15) is 5.56 Å². The number of anilines is 1. The number of nitrogens with zero attached hydrogens (tertiary/aromatic N) is 2. The van der Waals surface area contributed by atoms with Gasteiger partial charge in [0.15, 0.2) is 0 Å². The van der Waals surface area contributed by atoms with E-state index in [1.54, 1.807) is 18.2 Å². The first kappa shape index (κ1) is 18.9. The van der Waals surface area contributed by atoms with Gasteiger partial charge in [-0.05, 0) is 29.8 Å². The molecule has 0 aromatic heterocycles. The number of ether oxygens (including phenoxy) is 2. The molecular formula is C19H17N3O6. The van der Waals surface area contributed by atoms with Gasteiger partial charge in [0.25, 0.3) is 17.5 Å². The lowest BCUT2D eigenvalue weighted by Crippen LogP contribution is -2.27. The molecule has 9 heteroatoms. The quantitative estimate of drug-likeness (QED) is 0.463. The molecule has 1 N–H and O–H groups in total. The predicted octanol–water partition coefficient (Wildman–Crippen LogP) is 2.43. The van der Waals surface area contributed by atoms with Crippen LogP contribution in [0.15, 0.2) is 48.2 Å². The Morgan fingerprint density at radius 3 is 2.25 bits per heavy atom. The minimum Gasteiger partial charge on any atom is -0.497 e. The van der Waals surface area contributed by atoms with Crippen molar-refractivity contribution in [3.63, 3.8) is 0 Å². The van der Waals surface area contributed by atoms with Gasteiger partial charge in [-0.15, -0.1) is 0 Å². The minimum atomic E-state index is -0.534. The van der Waals surface area contributed by atoms with E-state index in [4.69, 9.17) is 9.47 Å². The van der Waals surface area contributed by atoms with E-state index in [1.807, 2.05) is 0 Å². The first-order valence-corrected chi connectivity index (χ1v) is 8.18. The highest BCUT2D eigenvalue weighted by molar-refractivity contribution is 6.36. The van der Waals surface area contributed by atoms with E-state index >= 15 is 0 Å². The van der Waals surface area contributed by atoms with Crippen LogP contribution < -0.4 is 14.8 Å². The van der Waals surface area contributed by atoms with Gasteiger partial charge in [0.1, 0.15) is 17.2 Å². The van der Waals surface area contributed by atoms with Crippen LogP contribution in [0.2, 0.25) is 0 Å². The van der Waals surface area contributed by atoms with Crippen LogP contribution in [0.3, 0.4) is 0 Å². The fourth-order valence-corrected chi connectivity index (χ4v) is 2.81. The van der Waals surface area contributed by atoms with E-state index in [0.717, 1.165) is 4.90 Å². The molecule has 0 saturated heterocycles. The summed E-state index contributed by atoms with van der Waals surface area (Å²) in [5, 5.41) is 13.8. The normalized spacial score (nSPS) is 13.8. The number of benzene rings is 2. The Kier molecular flexibility index (Phi) is 4.99. The molecule has 2 amide bonds. The van der Waals surface area contributed by atoms with Gasteiger partial charge in [0.05, 0.1) is 30.4 Å². The van der Waals surface area contributed by atoms with Crippen LogP contribution in [-0.2, 0) is 9.59 Å². The molecule has 28 heavy (non-hydrogen) atoms. The molecule has 2 aromatic carbocycles. The van der Waals surface area contributed by atoms with Crippen molar-refractivity contribution in [1.29, 1.82) is 0 Å². The average molecular weight is 383 g/mol. The van der Waals surface area contributed by atoms with Crippen LogP contribution in [0.4, 0.5) is 11.4 Å². The molecule has 1 heterocycles. The molecule has 0 atom stereocenters. The maximum atomic E-state index is 12.6. The smallest absolute Gasteiger partial charge is 0.277 e. The van der Waals surface area contributed by atoms with E-state index in [0.29, 0.717) is 22.7 Å². The molecule has 0 radical (unpaired) electrons. The predicted molar refractivity (Wildman–Crippen MR) is 101 cm³/mol. The Hall–Kier alpha value is -3.88. The molecule has 144 valence electrons. The number of methoxy groups -OCH3 is 2. The molecule has 0 fully saturated rings. The summed E-state index contributed by atoms with van der Waals surface area (Å²) in [6.07, 6.45) is 0. The summed E-state index contributed by atoms with van der Waals surface area (Å²) in [7, 11) is 4.36. The zero-order chi connectivity index (χ0) is 20.4. The number of likely N-dealkylation sites (N-methyl/N-ethyl adjacent to an activating group) is 1. The van der Waals surface area contributed by atoms with Crippen molar-refractivity contribution in [1.82, 2.24) is 4.90 Å². The summed E-state index contributed by atoms with van der Waals surface area (Å²) in [6.45, 7) is 0. The Morgan fingerprint density at radius 1 is 1.00 bits per heavy atom. The highest BCUT2D eigenvalue weighted by Crippen LogP contribution is 2.34. The highest BCUT2D eigenvalue weighted by Gasteiger charge is 2.37. The molecule has 1 aliphatic rings. The molecule has 3 rings (SSSR count). The van der Waals surface area contributed by atoms with Crippen LogP contribution in [0.25, 0.3) is 5.57 Å². The summed E-state index contributed by atoms with van der Waals surface area (Å²) in [5.41, 5.74) is 0.934. The van der Waals surface area contributed by atoms with Crippen molar-refractivity contribution >= 4 is 28.8 Å². The molecule has 9 nitrogen and oxygen atoms in total. The van der Waals surface area contributed by atoms with Crippen molar-refractivity contribution in [2.45, 2.75) is 0 Å². The summed E-state index contributed by atoms with van der Waals surface area (Å²) < 4.78 is 10.5. The molecular weight excluding hydrogens is 366 g/mol. The van der Waals surface area contributed by atoms with Gasteiger partial charge >= 0.3 is 0 Å². The van der Waals surface area contributed by atoms with E-state index in [1.165, 1.54) is 45.5 Å². The largest absolute Gasteiger partial charge is 0.497 e. The maximum Gasteiger partial charge on any atom is 0.277 e. The lowest BCUT2D eigenvalue weighted by Gasteiger charge is -2.13. The van der Waals surface area contributed by atoms with Gasteiger partial charge in [-0.25, -0.2) is 0 Å². The summed E-state index contributed by atoms with van der Waals surface area (Å²) >= 11 is 0. The summed E-state index contributed by atoms with van der Waals surface area (Å²) in [6, 6.07) is 10.4. The number of rotatable bonds is 6. The third-order valence-electron chi connectivity index (χ3n) is 4.32. The third-order valence-corrected chi connectivity index (χ3v) is 4.32. The fraction of sp³-hybridized carbons (Fsp3) is 0.158. The number of nitro benzene ring substituents is 1. The van der Waals surface area contributed by atoms with Crippen molar-refractivity contribution in [2.75, 3.05) is 26.6 Å². The number of carbonyl (C=O) groups is 2.